The summed E-state index contributed by atoms with van der Waals surface area (Å²) >= 11 is 0. The minimum atomic E-state index is -0.0144. The van der Waals surface area contributed by atoms with E-state index >= 15 is 0 Å². The highest BCUT2D eigenvalue weighted by molar-refractivity contribution is 5.91. The van der Waals surface area contributed by atoms with Crippen molar-refractivity contribution in [3.8, 4) is 5.75 Å². The van der Waals surface area contributed by atoms with Crippen LogP contribution in [0.25, 0.3) is 0 Å². The van der Waals surface area contributed by atoms with E-state index in [1.807, 2.05) is 30.3 Å². The molecule has 1 saturated heterocycles. The summed E-state index contributed by atoms with van der Waals surface area (Å²) in [5.41, 5.74) is 1.14. The van der Waals surface area contributed by atoms with Crippen LogP contribution in [0.15, 0.2) is 36.4 Å². The highest BCUT2D eigenvalue weighted by Crippen LogP contribution is 2.18. The van der Waals surface area contributed by atoms with Gasteiger partial charge >= 0.3 is 0 Å². The third-order valence-corrected chi connectivity index (χ3v) is 4.40. The van der Waals surface area contributed by atoms with Crippen molar-refractivity contribution in [2.45, 2.75) is 19.3 Å². The third-order valence-electron chi connectivity index (χ3n) is 4.40. The van der Waals surface area contributed by atoms with Gasteiger partial charge in [-0.05, 0) is 43.0 Å². The molecule has 3 rings (SSSR count). The van der Waals surface area contributed by atoms with Crippen molar-refractivity contribution in [1.82, 2.24) is 10.2 Å². The first-order valence-electron chi connectivity index (χ1n) is 8.84. The molecule has 1 aliphatic heterocycles. The fourth-order valence-corrected chi connectivity index (χ4v) is 2.92. The van der Waals surface area contributed by atoms with Gasteiger partial charge in [-0.15, -0.1) is 10.2 Å². The monoisotopic (exact) mass is 356 g/mol. The first kappa shape index (κ1) is 18.1. The number of carbonyl (C=O) groups is 1. The lowest BCUT2D eigenvalue weighted by molar-refractivity contribution is -0.122. The third kappa shape index (κ3) is 4.92. The number of ether oxygens (including phenoxy) is 2. The maximum atomic E-state index is 12.2. The molecule has 0 atom stereocenters. The molecule has 7 heteroatoms. The van der Waals surface area contributed by atoms with E-state index in [0.717, 1.165) is 30.6 Å². The molecule has 7 nitrogen and oxygen atoms in total. The van der Waals surface area contributed by atoms with Gasteiger partial charge in [0, 0.05) is 25.7 Å². The molecule has 1 amide bonds. The molecule has 0 bridgehead atoms. The Labute approximate surface area is 153 Å². The number of benzene rings is 1. The number of amides is 1. The second-order valence-corrected chi connectivity index (χ2v) is 6.17. The summed E-state index contributed by atoms with van der Waals surface area (Å²) in [5.74, 6) is 2.00. The SMILES string of the molecule is COc1ccccc1CCNc1ccc(NC(=O)C2CCOCC2)nn1. The minimum Gasteiger partial charge on any atom is -0.496 e. The molecule has 2 N–H and O–H groups in total. The predicted molar refractivity (Wildman–Crippen MR) is 99.4 cm³/mol. The number of hydrogen-bond donors (Lipinski definition) is 2. The fraction of sp³-hybridized carbons (Fsp3) is 0.421. The first-order valence-corrected chi connectivity index (χ1v) is 8.84. The summed E-state index contributed by atoms with van der Waals surface area (Å²) in [6, 6.07) is 11.5. The molecule has 0 aliphatic carbocycles. The number of anilines is 2. The van der Waals surface area contributed by atoms with Crippen LogP contribution in [0.3, 0.4) is 0 Å². The molecule has 0 radical (unpaired) electrons. The van der Waals surface area contributed by atoms with Crippen LogP contribution >= 0.6 is 0 Å². The van der Waals surface area contributed by atoms with Crippen LogP contribution in [0.1, 0.15) is 18.4 Å². The Balaban J connectivity index is 1.47. The molecule has 1 aromatic carbocycles. The van der Waals surface area contributed by atoms with Gasteiger partial charge in [-0.1, -0.05) is 18.2 Å². The normalized spacial score (nSPS) is 14.7. The number of aromatic nitrogens is 2. The smallest absolute Gasteiger partial charge is 0.228 e. The lowest BCUT2D eigenvalue weighted by Crippen LogP contribution is -2.28. The van der Waals surface area contributed by atoms with Gasteiger partial charge in [-0.2, -0.15) is 0 Å². The molecular weight excluding hydrogens is 332 g/mol. The standard InChI is InChI=1S/C19H24N4O3/c1-25-16-5-3-2-4-14(16)8-11-20-17-6-7-18(23-22-17)21-19(24)15-9-12-26-13-10-15/h2-7,15H,8-13H2,1H3,(H,20,22)(H,21,23,24). The average molecular weight is 356 g/mol. The Morgan fingerprint density at radius 2 is 1.88 bits per heavy atom. The van der Waals surface area contributed by atoms with Gasteiger partial charge in [0.15, 0.2) is 5.82 Å². The topological polar surface area (TPSA) is 85.4 Å². The molecule has 0 spiro atoms. The molecule has 138 valence electrons. The van der Waals surface area contributed by atoms with Crippen LogP contribution < -0.4 is 15.4 Å². The molecule has 26 heavy (non-hydrogen) atoms. The van der Waals surface area contributed by atoms with Crippen LogP contribution in [-0.4, -0.2) is 43.0 Å². The zero-order chi connectivity index (χ0) is 18.2. The highest BCUT2D eigenvalue weighted by Gasteiger charge is 2.21. The summed E-state index contributed by atoms with van der Waals surface area (Å²) in [7, 11) is 1.67. The van der Waals surface area contributed by atoms with Gasteiger partial charge in [0.05, 0.1) is 7.11 Å². The van der Waals surface area contributed by atoms with Gasteiger partial charge < -0.3 is 20.1 Å². The van der Waals surface area contributed by atoms with E-state index in [9.17, 15) is 4.79 Å². The summed E-state index contributed by atoms with van der Waals surface area (Å²) in [5, 5.41) is 14.2. The van der Waals surface area contributed by atoms with E-state index in [1.54, 1.807) is 13.2 Å². The molecule has 0 saturated carbocycles. The van der Waals surface area contributed by atoms with E-state index < -0.39 is 0 Å². The van der Waals surface area contributed by atoms with Gasteiger partial charge in [0.1, 0.15) is 11.6 Å². The van der Waals surface area contributed by atoms with Crippen molar-refractivity contribution in [2.24, 2.45) is 5.92 Å². The van der Waals surface area contributed by atoms with E-state index in [1.165, 1.54) is 0 Å². The lowest BCUT2D eigenvalue weighted by atomic mass is 9.99. The Kier molecular flexibility index (Phi) is 6.38. The number of hydrogen-bond acceptors (Lipinski definition) is 6. The number of carbonyl (C=O) groups excluding carboxylic acids is 1. The van der Waals surface area contributed by atoms with Gasteiger partial charge in [-0.3, -0.25) is 4.79 Å². The van der Waals surface area contributed by atoms with Crippen LogP contribution in [0, 0.1) is 5.92 Å². The molecule has 1 aromatic heterocycles. The van der Waals surface area contributed by atoms with Crippen LogP contribution in [0.5, 0.6) is 5.75 Å². The first-order chi connectivity index (χ1) is 12.8. The second-order valence-electron chi connectivity index (χ2n) is 6.17. The van der Waals surface area contributed by atoms with Crippen LogP contribution in [0.2, 0.25) is 0 Å². The Morgan fingerprint density at radius 1 is 1.15 bits per heavy atom. The number of methoxy groups -OCH3 is 1. The van der Waals surface area contributed by atoms with Crippen molar-refractivity contribution in [2.75, 3.05) is 37.5 Å². The lowest BCUT2D eigenvalue weighted by Gasteiger charge is -2.20. The Bertz CT molecular complexity index is 715. The van der Waals surface area contributed by atoms with Crippen molar-refractivity contribution in [3.05, 3.63) is 42.0 Å². The quantitative estimate of drug-likeness (QED) is 0.793. The van der Waals surface area contributed by atoms with Gasteiger partial charge in [0.2, 0.25) is 5.91 Å². The summed E-state index contributed by atoms with van der Waals surface area (Å²) < 4.78 is 10.6. The van der Waals surface area contributed by atoms with Crippen molar-refractivity contribution in [3.63, 3.8) is 0 Å². The van der Waals surface area contributed by atoms with Crippen molar-refractivity contribution in [1.29, 1.82) is 0 Å². The maximum Gasteiger partial charge on any atom is 0.228 e. The summed E-state index contributed by atoms with van der Waals surface area (Å²) in [4.78, 5) is 12.2. The Hall–Kier alpha value is -2.67. The van der Waals surface area contributed by atoms with Gasteiger partial charge in [-0.25, -0.2) is 0 Å². The van der Waals surface area contributed by atoms with Crippen LogP contribution in [-0.2, 0) is 16.0 Å². The van der Waals surface area contributed by atoms with E-state index in [-0.39, 0.29) is 11.8 Å². The second kappa shape index (κ2) is 9.15. The highest BCUT2D eigenvalue weighted by atomic mass is 16.5. The summed E-state index contributed by atoms with van der Waals surface area (Å²) in [6.45, 7) is 1.99. The zero-order valence-electron chi connectivity index (χ0n) is 14.9. The molecule has 2 heterocycles. The fourth-order valence-electron chi connectivity index (χ4n) is 2.92. The number of nitrogens with zero attached hydrogens (tertiary/aromatic N) is 2. The van der Waals surface area contributed by atoms with E-state index in [2.05, 4.69) is 20.8 Å². The average Bonchev–Trinajstić information content (AvgIpc) is 2.70. The molecular formula is C19H24N4O3. The summed E-state index contributed by atoms with van der Waals surface area (Å²) in [6.07, 6.45) is 2.32. The zero-order valence-corrected chi connectivity index (χ0v) is 14.9. The number of para-hydroxylation sites is 1. The van der Waals surface area contributed by atoms with E-state index in [0.29, 0.717) is 31.4 Å². The maximum absolute atomic E-state index is 12.2. The minimum absolute atomic E-state index is 0.01000. The largest absolute Gasteiger partial charge is 0.496 e. The molecule has 1 fully saturated rings. The Morgan fingerprint density at radius 3 is 2.62 bits per heavy atom. The van der Waals surface area contributed by atoms with Gasteiger partial charge in [0.25, 0.3) is 0 Å². The predicted octanol–water partition coefficient (Wildman–Crippen LogP) is 2.50. The van der Waals surface area contributed by atoms with E-state index in [4.69, 9.17) is 9.47 Å². The number of nitrogens with one attached hydrogen (secondary N) is 2. The van der Waals surface area contributed by atoms with Crippen LogP contribution in [0.4, 0.5) is 11.6 Å². The molecule has 2 aromatic rings. The molecule has 0 unspecified atom stereocenters. The van der Waals surface area contributed by atoms with Crippen molar-refractivity contribution >= 4 is 17.5 Å². The van der Waals surface area contributed by atoms with Crippen molar-refractivity contribution < 1.29 is 14.3 Å². The number of rotatable bonds is 7. The molecule has 1 aliphatic rings.